The van der Waals surface area contributed by atoms with E-state index >= 15 is 0 Å². The Kier molecular flexibility index (Phi) is 6.15. The molecule has 1 saturated carbocycles. The smallest absolute Gasteiger partial charge is 0.281 e. The van der Waals surface area contributed by atoms with Crippen LogP contribution in [-0.2, 0) is 4.79 Å². The summed E-state index contributed by atoms with van der Waals surface area (Å²) in [7, 11) is 1.57. The predicted molar refractivity (Wildman–Crippen MR) is 122 cm³/mol. The summed E-state index contributed by atoms with van der Waals surface area (Å²) in [6.45, 7) is 0.140. The number of carbonyl (C=O) groups is 1. The largest absolute Gasteiger partial charge is 0.493 e. The molecule has 9 heteroatoms. The van der Waals surface area contributed by atoms with Crippen LogP contribution >= 0.6 is 23.4 Å². The molecule has 2 aliphatic rings. The average Bonchev–Trinajstić information content (AvgIpc) is 3.53. The summed E-state index contributed by atoms with van der Waals surface area (Å²) in [5.41, 5.74) is 4.33. The number of hydrogen-bond donors (Lipinski definition) is 2. The van der Waals surface area contributed by atoms with Crippen molar-refractivity contribution in [2.75, 3.05) is 29.9 Å². The molecule has 0 radical (unpaired) electrons. The molecule has 0 unspecified atom stereocenters. The average molecular weight is 445 g/mol. The Morgan fingerprint density at radius 1 is 1.23 bits per heavy atom. The normalized spacial score (nSPS) is 17.5. The number of halogens is 1. The Bertz CT molecular complexity index is 992. The molecule has 156 valence electrons. The molecule has 2 aromatic carbocycles. The molecule has 0 atom stereocenters. The zero-order valence-corrected chi connectivity index (χ0v) is 17.9. The van der Waals surface area contributed by atoms with E-state index in [9.17, 15) is 4.79 Å². The van der Waals surface area contributed by atoms with E-state index in [1.807, 2.05) is 0 Å². The van der Waals surface area contributed by atoms with E-state index in [0.29, 0.717) is 39.1 Å². The first kappa shape index (κ1) is 20.6. The number of nitrogens with one attached hydrogen (secondary N) is 2. The van der Waals surface area contributed by atoms with Crippen LogP contribution in [0, 0.1) is 5.41 Å². The number of ether oxygens (including phenoxy) is 2. The maximum atomic E-state index is 12.8. The van der Waals surface area contributed by atoms with Crippen molar-refractivity contribution < 1.29 is 14.3 Å². The quantitative estimate of drug-likeness (QED) is 0.465. The number of rotatable bonds is 8. The van der Waals surface area contributed by atoms with Gasteiger partial charge < -0.3 is 19.8 Å². The Morgan fingerprint density at radius 2 is 2.00 bits per heavy atom. The molecule has 1 amide bonds. The van der Waals surface area contributed by atoms with Gasteiger partial charge in [-0.2, -0.15) is 5.10 Å². The van der Waals surface area contributed by atoms with Gasteiger partial charge in [0, 0.05) is 22.0 Å². The van der Waals surface area contributed by atoms with Gasteiger partial charge in [0.15, 0.2) is 17.2 Å². The number of anilines is 2. The van der Waals surface area contributed by atoms with Crippen LogP contribution in [0.3, 0.4) is 0 Å². The minimum Gasteiger partial charge on any atom is -0.493 e. The molecule has 1 saturated heterocycles. The zero-order chi connectivity index (χ0) is 21.1. The van der Waals surface area contributed by atoms with Crippen LogP contribution in [0.15, 0.2) is 47.6 Å². The van der Waals surface area contributed by atoms with Crippen molar-refractivity contribution in [2.45, 2.75) is 18.1 Å². The van der Waals surface area contributed by atoms with Gasteiger partial charge in [0.25, 0.3) is 5.91 Å². The van der Waals surface area contributed by atoms with E-state index in [1.165, 1.54) is 17.7 Å². The van der Waals surface area contributed by atoms with Gasteiger partial charge in [0.1, 0.15) is 5.94 Å². The fourth-order valence-corrected chi connectivity index (χ4v) is 3.89. The van der Waals surface area contributed by atoms with Gasteiger partial charge in [0.05, 0.1) is 25.1 Å². The first-order valence-electron chi connectivity index (χ1n) is 9.46. The Hall–Kier alpha value is -2.71. The lowest BCUT2D eigenvalue weighted by Crippen LogP contribution is -2.27. The number of benzene rings is 2. The molecule has 2 aromatic rings. The van der Waals surface area contributed by atoms with Crippen LogP contribution in [0.4, 0.5) is 11.4 Å². The molecule has 2 N–H and O–H groups in total. The van der Waals surface area contributed by atoms with Crippen LogP contribution in [0.5, 0.6) is 11.5 Å². The molecular weight excluding hydrogens is 424 g/mol. The summed E-state index contributed by atoms with van der Waals surface area (Å²) in [5, 5.41) is 13.6. The molecule has 1 aliphatic carbocycles. The first-order valence-corrected chi connectivity index (χ1v) is 10.9. The lowest BCUT2D eigenvalue weighted by atomic mass is 10.2. The lowest BCUT2D eigenvalue weighted by Gasteiger charge is -2.17. The van der Waals surface area contributed by atoms with Crippen LogP contribution in [0.2, 0.25) is 5.02 Å². The van der Waals surface area contributed by atoms with E-state index < -0.39 is 0 Å². The third kappa shape index (κ3) is 4.71. The summed E-state index contributed by atoms with van der Waals surface area (Å²) in [5.74, 6) is 1.41. The maximum Gasteiger partial charge on any atom is 0.281 e. The number of nitrogens with zero attached hydrogens (tertiary/aromatic N) is 2. The van der Waals surface area contributed by atoms with Crippen molar-refractivity contribution >= 4 is 52.1 Å². The standard InChI is InChI=1S/C21H21ClN4O3S/c1-28-19-10-15(6-9-18(19)29-12-30-16-7-8-16)26-11-17(23)20(21(26)27)25-24-14-4-2-13(22)3-5-14/h2-6,9-10,16,23-24H,7-8,11-12H2,1H3. The monoisotopic (exact) mass is 444 g/mol. The first-order chi connectivity index (χ1) is 14.5. The molecule has 1 heterocycles. The third-order valence-corrected chi connectivity index (χ3v) is 6.14. The summed E-state index contributed by atoms with van der Waals surface area (Å²) in [6, 6.07) is 12.3. The molecule has 4 rings (SSSR count). The Labute approximate surface area is 183 Å². The number of methoxy groups -OCH3 is 1. The summed E-state index contributed by atoms with van der Waals surface area (Å²) < 4.78 is 11.3. The van der Waals surface area contributed by atoms with E-state index in [4.69, 9.17) is 26.5 Å². The van der Waals surface area contributed by atoms with Crippen molar-refractivity contribution in [3.8, 4) is 11.5 Å². The highest BCUT2D eigenvalue weighted by molar-refractivity contribution is 8.00. The van der Waals surface area contributed by atoms with Crippen LogP contribution in [-0.4, -0.2) is 42.2 Å². The van der Waals surface area contributed by atoms with E-state index in [0.717, 1.165) is 0 Å². The van der Waals surface area contributed by atoms with Crippen molar-refractivity contribution in [2.24, 2.45) is 5.10 Å². The summed E-state index contributed by atoms with van der Waals surface area (Å²) >= 11 is 7.66. The molecule has 30 heavy (non-hydrogen) atoms. The topological polar surface area (TPSA) is 87.0 Å². The number of hydrazone groups is 1. The highest BCUT2D eigenvalue weighted by Gasteiger charge is 2.34. The molecule has 0 spiro atoms. The molecule has 2 fully saturated rings. The van der Waals surface area contributed by atoms with Crippen LogP contribution < -0.4 is 19.8 Å². The van der Waals surface area contributed by atoms with Crippen LogP contribution in [0.1, 0.15) is 12.8 Å². The van der Waals surface area contributed by atoms with Gasteiger partial charge in [-0.15, -0.1) is 11.8 Å². The fourth-order valence-electron chi connectivity index (χ4n) is 2.90. The fraction of sp³-hybridized carbons (Fsp3) is 0.286. The van der Waals surface area contributed by atoms with E-state index in [2.05, 4.69) is 10.5 Å². The van der Waals surface area contributed by atoms with Crippen molar-refractivity contribution in [1.82, 2.24) is 0 Å². The number of carbonyl (C=O) groups excluding carboxylic acids is 1. The molecule has 1 aliphatic heterocycles. The molecule has 0 aromatic heterocycles. The third-order valence-electron chi connectivity index (χ3n) is 4.69. The van der Waals surface area contributed by atoms with Gasteiger partial charge in [0.2, 0.25) is 0 Å². The predicted octanol–water partition coefficient (Wildman–Crippen LogP) is 4.41. The Balaban J connectivity index is 1.46. The summed E-state index contributed by atoms with van der Waals surface area (Å²) in [6.07, 6.45) is 2.51. The van der Waals surface area contributed by atoms with Crippen molar-refractivity contribution in [3.63, 3.8) is 0 Å². The maximum absolute atomic E-state index is 12.8. The van der Waals surface area contributed by atoms with Crippen molar-refractivity contribution in [3.05, 3.63) is 47.5 Å². The SMILES string of the molecule is COc1cc(N2CC(=N)C(=NNc3ccc(Cl)cc3)C2=O)ccc1OCSC1CC1. The molecule has 7 nitrogen and oxygen atoms in total. The second kappa shape index (κ2) is 8.97. The second-order valence-electron chi connectivity index (χ2n) is 6.91. The van der Waals surface area contributed by atoms with Gasteiger partial charge >= 0.3 is 0 Å². The Morgan fingerprint density at radius 3 is 2.70 bits per heavy atom. The number of thioether (sulfide) groups is 1. The van der Waals surface area contributed by atoms with E-state index in [-0.39, 0.29) is 23.9 Å². The highest BCUT2D eigenvalue weighted by atomic mass is 35.5. The minimum absolute atomic E-state index is 0.0741. The lowest BCUT2D eigenvalue weighted by molar-refractivity contribution is -0.111. The summed E-state index contributed by atoms with van der Waals surface area (Å²) in [4.78, 5) is 14.3. The van der Waals surface area contributed by atoms with E-state index in [1.54, 1.807) is 61.3 Å². The van der Waals surface area contributed by atoms with Gasteiger partial charge in [-0.25, -0.2) is 0 Å². The van der Waals surface area contributed by atoms with Gasteiger partial charge in [-0.3, -0.25) is 10.2 Å². The van der Waals surface area contributed by atoms with Gasteiger partial charge in [-0.1, -0.05) is 11.6 Å². The second-order valence-corrected chi connectivity index (χ2v) is 8.58. The molecule has 0 bridgehead atoms. The number of hydrogen-bond acceptors (Lipinski definition) is 7. The minimum atomic E-state index is -0.346. The zero-order valence-electron chi connectivity index (χ0n) is 16.4. The van der Waals surface area contributed by atoms with Gasteiger partial charge in [-0.05, 0) is 49.2 Å². The highest BCUT2D eigenvalue weighted by Crippen LogP contribution is 2.37. The number of amides is 1. The van der Waals surface area contributed by atoms with Crippen LogP contribution in [0.25, 0.3) is 0 Å². The van der Waals surface area contributed by atoms with Crippen molar-refractivity contribution in [1.29, 1.82) is 5.41 Å². The molecular formula is C21H21ClN4O3S.